The number of nitrogens with zero attached hydrogens (tertiary/aromatic N) is 3. The fraction of sp³-hybridized carbons (Fsp3) is 0.429. The molecule has 0 aliphatic heterocycles. The average Bonchev–Trinajstić information content (AvgIpc) is 2.51. The summed E-state index contributed by atoms with van der Waals surface area (Å²) in [4.78, 5) is 3.68. The summed E-state index contributed by atoms with van der Waals surface area (Å²) in [6.45, 7) is 1.46. The summed E-state index contributed by atoms with van der Waals surface area (Å²) in [5, 5.41) is 8.37. The van der Waals surface area contributed by atoms with Crippen molar-refractivity contribution < 1.29 is 8.42 Å². The molecule has 0 bridgehead atoms. The van der Waals surface area contributed by atoms with Crippen molar-refractivity contribution in [2.45, 2.75) is 18.0 Å². The maximum absolute atomic E-state index is 11.5. The highest BCUT2D eigenvalue weighted by atomic mass is 32.2. The van der Waals surface area contributed by atoms with Gasteiger partial charge in [0.2, 0.25) is 0 Å². The summed E-state index contributed by atoms with van der Waals surface area (Å²) >= 11 is 0. The van der Waals surface area contributed by atoms with E-state index in [4.69, 9.17) is 5.26 Å². The Hall–Kier alpha value is -1.39. The first-order valence-corrected chi connectivity index (χ1v) is 5.34. The first-order valence-electron chi connectivity index (χ1n) is 3.85. The SMILES string of the molecule is CC(C#N)NS(=O)(=O)c1cn(C)cn1. The van der Waals surface area contributed by atoms with Gasteiger partial charge in [-0.05, 0) is 6.92 Å². The van der Waals surface area contributed by atoms with Gasteiger partial charge in [0.25, 0.3) is 10.0 Å². The maximum atomic E-state index is 11.5. The minimum absolute atomic E-state index is 0.0814. The Bertz CT molecular complexity index is 456. The Kier molecular flexibility index (Phi) is 2.88. The van der Waals surface area contributed by atoms with Crippen molar-refractivity contribution >= 4 is 10.0 Å². The second-order valence-corrected chi connectivity index (χ2v) is 4.51. The molecule has 1 rings (SSSR count). The number of sulfonamides is 1. The first kappa shape index (κ1) is 10.7. The van der Waals surface area contributed by atoms with Crippen LogP contribution in [0, 0.1) is 11.3 Å². The van der Waals surface area contributed by atoms with E-state index in [1.807, 2.05) is 0 Å². The molecular formula is C7H10N4O2S. The van der Waals surface area contributed by atoms with Gasteiger partial charge in [-0.25, -0.2) is 13.4 Å². The molecule has 1 atom stereocenters. The molecule has 0 aromatic carbocycles. The van der Waals surface area contributed by atoms with E-state index in [9.17, 15) is 8.42 Å². The zero-order valence-electron chi connectivity index (χ0n) is 7.80. The number of aromatic nitrogens is 2. The Morgan fingerprint density at radius 1 is 1.71 bits per heavy atom. The van der Waals surface area contributed by atoms with Gasteiger partial charge in [-0.2, -0.15) is 9.98 Å². The Labute approximate surface area is 82.2 Å². The molecule has 0 spiro atoms. The summed E-state index contributed by atoms with van der Waals surface area (Å²) in [6, 6.07) is 1.01. The van der Waals surface area contributed by atoms with Crippen LogP contribution in [0.1, 0.15) is 6.92 Å². The number of aryl methyl sites for hydroxylation is 1. The van der Waals surface area contributed by atoms with Crippen molar-refractivity contribution in [1.29, 1.82) is 5.26 Å². The summed E-state index contributed by atoms with van der Waals surface area (Å²) in [7, 11) is -1.99. The predicted octanol–water partition coefficient (Wildman–Crippen LogP) is -0.390. The second-order valence-electron chi connectivity index (χ2n) is 2.85. The minimum Gasteiger partial charge on any atom is -0.339 e. The molecule has 1 unspecified atom stereocenters. The van der Waals surface area contributed by atoms with Crippen LogP contribution in [0.15, 0.2) is 17.6 Å². The maximum Gasteiger partial charge on any atom is 0.260 e. The number of rotatable bonds is 3. The van der Waals surface area contributed by atoms with Crippen LogP contribution in [0.4, 0.5) is 0 Å². The Balaban J connectivity index is 2.93. The third-order valence-corrected chi connectivity index (χ3v) is 2.91. The topological polar surface area (TPSA) is 87.8 Å². The van der Waals surface area contributed by atoms with Gasteiger partial charge in [0.15, 0.2) is 5.03 Å². The van der Waals surface area contributed by atoms with Crippen LogP contribution in [0.25, 0.3) is 0 Å². The molecule has 1 aromatic heterocycles. The number of nitriles is 1. The second kappa shape index (κ2) is 3.77. The monoisotopic (exact) mass is 214 g/mol. The van der Waals surface area contributed by atoms with Crippen molar-refractivity contribution in [2.75, 3.05) is 0 Å². The van der Waals surface area contributed by atoms with Gasteiger partial charge in [0.05, 0.1) is 12.4 Å². The minimum atomic E-state index is -3.66. The molecular weight excluding hydrogens is 204 g/mol. The van der Waals surface area contributed by atoms with Crippen LogP contribution in [0.3, 0.4) is 0 Å². The van der Waals surface area contributed by atoms with Gasteiger partial charge < -0.3 is 4.57 Å². The molecule has 0 aliphatic carbocycles. The molecule has 76 valence electrons. The molecule has 0 aliphatic rings. The highest BCUT2D eigenvalue weighted by Crippen LogP contribution is 2.04. The van der Waals surface area contributed by atoms with E-state index in [1.165, 1.54) is 24.0 Å². The van der Waals surface area contributed by atoms with E-state index in [2.05, 4.69) is 9.71 Å². The number of nitrogens with one attached hydrogen (secondary N) is 1. The normalized spacial score (nSPS) is 13.5. The quantitative estimate of drug-likeness (QED) is 0.742. The summed E-state index contributed by atoms with van der Waals surface area (Å²) in [5.41, 5.74) is 0. The molecule has 1 aromatic rings. The lowest BCUT2D eigenvalue weighted by Gasteiger charge is -2.04. The highest BCUT2D eigenvalue weighted by molar-refractivity contribution is 7.89. The highest BCUT2D eigenvalue weighted by Gasteiger charge is 2.19. The van der Waals surface area contributed by atoms with Gasteiger partial charge in [0.1, 0.15) is 6.04 Å². The zero-order valence-corrected chi connectivity index (χ0v) is 8.61. The average molecular weight is 214 g/mol. The molecule has 0 saturated heterocycles. The van der Waals surface area contributed by atoms with Crippen molar-refractivity contribution in [3.63, 3.8) is 0 Å². The molecule has 1 heterocycles. The lowest BCUT2D eigenvalue weighted by Crippen LogP contribution is -2.31. The summed E-state index contributed by atoms with van der Waals surface area (Å²) in [6.07, 6.45) is 2.75. The molecule has 0 fully saturated rings. The fourth-order valence-corrected chi connectivity index (χ4v) is 1.98. The molecule has 1 N–H and O–H groups in total. The summed E-state index contributed by atoms with van der Waals surface area (Å²) in [5.74, 6) is 0. The van der Waals surface area contributed by atoms with Crippen LogP contribution >= 0.6 is 0 Å². The van der Waals surface area contributed by atoms with E-state index in [-0.39, 0.29) is 5.03 Å². The van der Waals surface area contributed by atoms with Crippen LogP contribution in [-0.2, 0) is 17.1 Å². The smallest absolute Gasteiger partial charge is 0.260 e. The molecule has 0 radical (unpaired) electrons. The van der Waals surface area contributed by atoms with E-state index < -0.39 is 16.1 Å². The largest absolute Gasteiger partial charge is 0.339 e. The van der Waals surface area contributed by atoms with E-state index in [1.54, 1.807) is 13.1 Å². The van der Waals surface area contributed by atoms with Gasteiger partial charge >= 0.3 is 0 Å². The van der Waals surface area contributed by atoms with Gasteiger partial charge in [0, 0.05) is 13.2 Å². The third kappa shape index (κ3) is 2.31. The van der Waals surface area contributed by atoms with Gasteiger partial charge in [-0.1, -0.05) is 0 Å². The van der Waals surface area contributed by atoms with Crippen LogP contribution < -0.4 is 4.72 Å². The van der Waals surface area contributed by atoms with E-state index in [0.29, 0.717) is 0 Å². The third-order valence-electron chi connectivity index (χ3n) is 1.48. The molecule has 0 amide bonds. The number of imidazole rings is 1. The van der Waals surface area contributed by atoms with Crippen LogP contribution in [0.2, 0.25) is 0 Å². The zero-order chi connectivity index (χ0) is 10.8. The van der Waals surface area contributed by atoms with Crippen LogP contribution in [0.5, 0.6) is 0 Å². The van der Waals surface area contributed by atoms with Crippen LogP contribution in [-0.4, -0.2) is 24.0 Å². The molecule has 14 heavy (non-hydrogen) atoms. The lowest BCUT2D eigenvalue weighted by molar-refractivity contribution is 0.573. The lowest BCUT2D eigenvalue weighted by atomic mass is 10.4. The number of hydrogen-bond donors (Lipinski definition) is 1. The first-order chi connectivity index (χ1) is 6.45. The van der Waals surface area contributed by atoms with E-state index in [0.717, 1.165) is 0 Å². The van der Waals surface area contributed by atoms with E-state index >= 15 is 0 Å². The fourth-order valence-electron chi connectivity index (χ4n) is 0.847. The summed E-state index contributed by atoms with van der Waals surface area (Å²) < 4.78 is 26.6. The molecule has 7 heteroatoms. The van der Waals surface area contributed by atoms with Crippen molar-refractivity contribution in [3.05, 3.63) is 12.5 Å². The van der Waals surface area contributed by atoms with Crippen molar-refractivity contribution in [2.24, 2.45) is 7.05 Å². The Morgan fingerprint density at radius 3 is 2.79 bits per heavy atom. The molecule has 6 nitrogen and oxygen atoms in total. The molecule has 0 saturated carbocycles. The van der Waals surface area contributed by atoms with Gasteiger partial charge in [-0.3, -0.25) is 0 Å². The Morgan fingerprint density at radius 2 is 2.36 bits per heavy atom. The van der Waals surface area contributed by atoms with Crippen molar-refractivity contribution in [3.8, 4) is 6.07 Å². The predicted molar refractivity (Wildman–Crippen MR) is 48.6 cm³/mol. The standard InChI is InChI=1S/C7H10N4O2S/c1-6(3-8)10-14(12,13)7-4-11(2)5-9-7/h4-6,10H,1-2H3. The van der Waals surface area contributed by atoms with Crippen molar-refractivity contribution in [1.82, 2.24) is 14.3 Å². The number of hydrogen-bond acceptors (Lipinski definition) is 4. The van der Waals surface area contributed by atoms with Gasteiger partial charge in [-0.15, -0.1) is 0 Å².